The average molecular weight is 342 g/mol. The van der Waals surface area contributed by atoms with E-state index in [1.54, 1.807) is 0 Å². The number of fused-ring (bicyclic) bond motifs is 2. The third-order valence-electron chi connectivity index (χ3n) is 4.87. The topological polar surface area (TPSA) is 34.4 Å². The molecule has 130 valence electrons. The predicted molar refractivity (Wildman–Crippen MR) is 106 cm³/mol. The predicted octanol–water partition coefficient (Wildman–Crippen LogP) is 5.45. The lowest BCUT2D eigenvalue weighted by Crippen LogP contribution is -2.03. The van der Waals surface area contributed by atoms with Gasteiger partial charge in [0.2, 0.25) is 5.78 Å². The van der Waals surface area contributed by atoms with Crippen LogP contribution in [0.25, 0.3) is 16.3 Å². The minimum atomic E-state index is -0.00718. The van der Waals surface area contributed by atoms with E-state index in [0.717, 1.165) is 35.0 Å². The molecule has 0 N–H and O–H groups in total. The summed E-state index contributed by atoms with van der Waals surface area (Å²) < 4.78 is 2.06. The smallest absolute Gasteiger partial charge is 0.214 e. The first kappa shape index (κ1) is 16.5. The summed E-state index contributed by atoms with van der Waals surface area (Å²) in [5.41, 5.74) is 2.15. The highest BCUT2D eigenvalue weighted by Gasteiger charge is 2.20. The van der Waals surface area contributed by atoms with E-state index in [1.165, 1.54) is 12.8 Å². The molecule has 3 heteroatoms. The van der Waals surface area contributed by atoms with Crippen molar-refractivity contribution < 1.29 is 4.79 Å². The van der Waals surface area contributed by atoms with Crippen molar-refractivity contribution in [1.82, 2.24) is 9.38 Å². The fourth-order valence-electron chi connectivity index (χ4n) is 3.53. The Morgan fingerprint density at radius 2 is 1.77 bits per heavy atom. The van der Waals surface area contributed by atoms with Crippen molar-refractivity contribution in [1.29, 1.82) is 0 Å². The van der Waals surface area contributed by atoms with Crippen LogP contribution >= 0.6 is 0 Å². The highest BCUT2D eigenvalue weighted by atomic mass is 16.1. The average Bonchev–Trinajstić information content (AvgIpc) is 3.06. The Bertz CT molecular complexity index is 1070. The van der Waals surface area contributed by atoms with E-state index in [1.807, 2.05) is 66.9 Å². The monoisotopic (exact) mass is 342 g/mol. The van der Waals surface area contributed by atoms with Gasteiger partial charge in [-0.05, 0) is 29.3 Å². The third kappa shape index (κ3) is 2.90. The molecule has 0 atom stereocenters. The van der Waals surface area contributed by atoms with Gasteiger partial charge < -0.3 is 4.40 Å². The summed E-state index contributed by atoms with van der Waals surface area (Å²) in [6.07, 6.45) is 6.33. The first-order valence-electron chi connectivity index (χ1n) is 9.28. The van der Waals surface area contributed by atoms with E-state index in [2.05, 4.69) is 11.3 Å². The lowest BCUT2D eigenvalue weighted by atomic mass is 9.99. The maximum absolute atomic E-state index is 13.3. The molecule has 2 aromatic carbocycles. The largest absolute Gasteiger partial charge is 0.303 e. The molecule has 0 aliphatic carbocycles. The van der Waals surface area contributed by atoms with Crippen LogP contribution in [0.5, 0.6) is 0 Å². The number of aryl methyl sites for hydroxylation is 1. The Balaban J connectivity index is 1.82. The van der Waals surface area contributed by atoms with Crippen LogP contribution in [0.2, 0.25) is 0 Å². The SMILES string of the molecule is CCCCCc1nc(C(=O)c2cccc3ccccc23)c2ccccn12. The molecule has 3 nitrogen and oxygen atoms in total. The lowest BCUT2D eigenvalue weighted by Gasteiger charge is -2.04. The first-order valence-corrected chi connectivity index (χ1v) is 9.28. The van der Waals surface area contributed by atoms with Crippen LogP contribution in [0.3, 0.4) is 0 Å². The van der Waals surface area contributed by atoms with Gasteiger partial charge in [0, 0.05) is 18.2 Å². The number of hydrogen-bond acceptors (Lipinski definition) is 2. The summed E-state index contributed by atoms with van der Waals surface area (Å²) in [5.74, 6) is 0.963. The van der Waals surface area contributed by atoms with Crippen molar-refractivity contribution in [3.8, 4) is 0 Å². The number of unbranched alkanes of at least 4 members (excludes halogenated alkanes) is 2. The van der Waals surface area contributed by atoms with E-state index >= 15 is 0 Å². The maximum Gasteiger partial charge on any atom is 0.214 e. The number of imidazole rings is 1. The second-order valence-electron chi connectivity index (χ2n) is 6.65. The molecular weight excluding hydrogens is 320 g/mol. The van der Waals surface area contributed by atoms with Crippen molar-refractivity contribution >= 4 is 22.1 Å². The van der Waals surface area contributed by atoms with Crippen LogP contribution in [0, 0.1) is 0 Å². The quantitative estimate of drug-likeness (QED) is 0.345. The normalized spacial score (nSPS) is 11.3. The van der Waals surface area contributed by atoms with Crippen LogP contribution in [-0.4, -0.2) is 15.2 Å². The highest BCUT2D eigenvalue weighted by molar-refractivity contribution is 6.18. The molecule has 0 saturated carbocycles. The molecule has 0 aliphatic heterocycles. The molecule has 0 bridgehead atoms. The number of carbonyl (C=O) groups is 1. The van der Waals surface area contributed by atoms with Crippen LogP contribution in [0.1, 0.15) is 48.1 Å². The summed E-state index contributed by atoms with van der Waals surface area (Å²) in [7, 11) is 0. The third-order valence-corrected chi connectivity index (χ3v) is 4.87. The molecule has 0 radical (unpaired) electrons. The number of carbonyl (C=O) groups excluding carboxylic acids is 1. The van der Waals surface area contributed by atoms with Crippen LogP contribution in [0.4, 0.5) is 0 Å². The molecule has 2 aromatic heterocycles. The van der Waals surface area contributed by atoms with Gasteiger partial charge in [-0.2, -0.15) is 0 Å². The molecule has 0 saturated heterocycles. The molecule has 4 aromatic rings. The van der Waals surface area contributed by atoms with Gasteiger partial charge in [0.25, 0.3) is 0 Å². The van der Waals surface area contributed by atoms with Gasteiger partial charge in [0.1, 0.15) is 11.5 Å². The second kappa shape index (κ2) is 7.12. The van der Waals surface area contributed by atoms with Crippen LogP contribution in [-0.2, 0) is 6.42 Å². The minimum absolute atomic E-state index is 0.00718. The summed E-state index contributed by atoms with van der Waals surface area (Å²) in [6.45, 7) is 2.19. The van der Waals surface area contributed by atoms with Crippen molar-refractivity contribution in [3.63, 3.8) is 0 Å². The molecule has 2 heterocycles. The molecule has 4 rings (SSSR count). The van der Waals surface area contributed by atoms with E-state index < -0.39 is 0 Å². The van der Waals surface area contributed by atoms with Gasteiger partial charge >= 0.3 is 0 Å². The number of nitrogens with zero attached hydrogens (tertiary/aromatic N) is 2. The molecule has 26 heavy (non-hydrogen) atoms. The summed E-state index contributed by atoms with van der Waals surface area (Å²) in [4.78, 5) is 18.1. The Labute approximate surface area is 153 Å². The lowest BCUT2D eigenvalue weighted by molar-refractivity contribution is 0.103. The molecule has 0 spiro atoms. The van der Waals surface area contributed by atoms with Crippen LogP contribution < -0.4 is 0 Å². The zero-order chi connectivity index (χ0) is 17.9. The molecule has 0 unspecified atom stereocenters. The minimum Gasteiger partial charge on any atom is -0.303 e. The van der Waals surface area contributed by atoms with Crippen LogP contribution in [0.15, 0.2) is 66.9 Å². The number of hydrogen-bond donors (Lipinski definition) is 0. The Morgan fingerprint density at radius 3 is 2.65 bits per heavy atom. The molecule has 0 amide bonds. The summed E-state index contributed by atoms with van der Waals surface area (Å²) >= 11 is 0. The van der Waals surface area contributed by atoms with Gasteiger partial charge in [0.05, 0.1) is 5.52 Å². The van der Waals surface area contributed by atoms with E-state index in [9.17, 15) is 4.79 Å². The van der Waals surface area contributed by atoms with Gasteiger partial charge in [-0.3, -0.25) is 4.79 Å². The van der Waals surface area contributed by atoms with Gasteiger partial charge in [-0.15, -0.1) is 0 Å². The van der Waals surface area contributed by atoms with Gasteiger partial charge in [0.15, 0.2) is 0 Å². The highest BCUT2D eigenvalue weighted by Crippen LogP contribution is 2.24. The first-order chi connectivity index (χ1) is 12.8. The van der Waals surface area contributed by atoms with Crippen molar-refractivity contribution in [2.24, 2.45) is 0 Å². The second-order valence-corrected chi connectivity index (χ2v) is 6.65. The Morgan fingerprint density at radius 1 is 0.962 bits per heavy atom. The van der Waals surface area contributed by atoms with E-state index in [4.69, 9.17) is 4.98 Å². The van der Waals surface area contributed by atoms with Gasteiger partial charge in [-0.1, -0.05) is 68.3 Å². The van der Waals surface area contributed by atoms with Crippen molar-refractivity contribution in [2.75, 3.05) is 0 Å². The van der Waals surface area contributed by atoms with E-state index in [0.29, 0.717) is 11.3 Å². The maximum atomic E-state index is 13.3. The van der Waals surface area contributed by atoms with Crippen molar-refractivity contribution in [3.05, 3.63) is 83.9 Å². The number of pyridine rings is 1. The number of aromatic nitrogens is 2. The Hall–Kier alpha value is -2.94. The van der Waals surface area contributed by atoms with E-state index in [-0.39, 0.29) is 5.78 Å². The Kier molecular flexibility index (Phi) is 4.53. The number of rotatable bonds is 6. The summed E-state index contributed by atoms with van der Waals surface area (Å²) in [6, 6.07) is 19.8. The zero-order valence-corrected chi connectivity index (χ0v) is 15.0. The zero-order valence-electron chi connectivity index (χ0n) is 15.0. The fraction of sp³-hybridized carbons (Fsp3) is 0.217. The molecular formula is C23H22N2O. The summed E-state index contributed by atoms with van der Waals surface area (Å²) in [5, 5.41) is 2.05. The van der Waals surface area contributed by atoms with Crippen molar-refractivity contribution in [2.45, 2.75) is 32.6 Å². The number of benzene rings is 2. The number of ketones is 1. The fourth-order valence-corrected chi connectivity index (χ4v) is 3.53. The van der Waals surface area contributed by atoms with Gasteiger partial charge in [-0.25, -0.2) is 4.98 Å². The standard InChI is InChI=1S/C23H22N2O/c1-2-3-4-15-21-24-22(20-14-7-8-16-25(20)21)23(26)19-13-9-11-17-10-5-6-12-18(17)19/h5-14,16H,2-4,15H2,1H3. The molecule has 0 aliphatic rings. The molecule has 0 fully saturated rings.